The van der Waals surface area contributed by atoms with E-state index in [1.54, 1.807) is 42.9 Å². The molecule has 10 nitrogen and oxygen atoms in total. The summed E-state index contributed by atoms with van der Waals surface area (Å²) in [6.45, 7) is 2.91. The Labute approximate surface area is 147 Å². The molecule has 0 saturated carbocycles. The first-order valence-corrected chi connectivity index (χ1v) is 7.80. The highest BCUT2D eigenvalue weighted by Crippen LogP contribution is 2.13. The van der Waals surface area contributed by atoms with Gasteiger partial charge in [-0.15, -0.1) is 5.10 Å². The first kappa shape index (κ1) is 17.3. The Hall–Kier alpha value is -3.56. The van der Waals surface area contributed by atoms with Crippen molar-refractivity contribution < 1.29 is 9.59 Å². The fraction of sp³-hybridized carbons (Fsp3) is 0.250. The highest BCUT2D eigenvalue weighted by atomic mass is 16.2. The van der Waals surface area contributed by atoms with Gasteiger partial charge in [0.25, 0.3) is 5.56 Å². The maximum atomic E-state index is 12.4. The number of hydrogen-bond donors (Lipinski definition) is 2. The summed E-state index contributed by atoms with van der Waals surface area (Å²) >= 11 is 0. The van der Waals surface area contributed by atoms with Gasteiger partial charge < -0.3 is 10.6 Å². The van der Waals surface area contributed by atoms with Crippen molar-refractivity contribution in [2.75, 3.05) is 10.6 Å². The zero-order valence-electron chi connectivity index (χ0n) is 14.5. The van der Waals surface area contributed by atoms with E-state index in [2.05, 4.69) is 26.0 Å². The average molecular weight is 355 g/mol. The van der Waals surface area contributed by atoms with E-state index in [9.17, 15) is 14.4 Å². The maximum absolute atomic E-state index is 12.4. The second-order valence-corrected chi connectivity index (χ2v) is 5.77. The molecule has 0 fully saturated rings. The van der Waals surface area contributed by atoms with Gasteiger partial charge in [0.05, 0.1) is 5.69 Å². The lowest BCUT2D eigenvalue weighted by molar-refractivity contribution is -0.117. The molecule has 0 aliphatic heterocycles. The van der Waals surface area contributed by atoms with Gasteiger partial charge in [-0.25, -0.2) is 0 Å². The molecular formula is C16H17N7O3. The third kappa shape index (κ3) is 3.43. The number of aryl methyl sites for hydroxylation is 2. The van der Waals surface area contributed by atoms with Crippen molar-refractivity contribution in [1.29, 1.82) is 0 Å². The van der Waals surface area contributed by atoms with Gasteiger partial charge in [-0.2, -0.15) is 9.78 Å². The highest BCUT2D eigenvalue weighted by Gasteiger charge is 2.15. The van der Waals surface area contributed by atoms with Gasteiger partial charge in [-0.3, -0.25) is 19.1 Å². The average Bonchev–Trinajstić information content (AvgIpc) is 2.87. The Kier molecular flexibility index (Phi) is 4.48. The summed E-state index contributed by atoms with van der Waals surface area (Å²) in [6, 6.07) is 6.60. The summed E-state index contributed by atoms with van der Waals surface area (Å²) in [7, 11) is 1.71. The number of nitrogens with zero attached hydrogens (tertiary/aromatic N) is 5. The Morgan fingerprint density at radius 1 is 1.08 bits per heavy atom. The molecule has 1 aromatic carbocycles. The largest absolute Gasteiger partial charge is 0.326 e. The molecule has 0 aliphatic carbocycles. The van der Waals surface area contributed by atoms with Crippen LogP contribution in [0.4, 0.5) is 11.4 Å². The summed E-state index contributed by atoms with van der Waals surface area (Å²) in [5, 5.41) is 17.2. The smallest absolute Gasteiger partial charge is 0.298 e. The second-order valence-electron chi connectivity index (χ2n) is 5.77. The minimum atomic E-state index is -0.477. The van der Waals surface area contributed by atoms with Crippen LogP contribution in [0.15, 0.2) is 29.1 Å². The van der Waals surface area contributed by atoms with E-state index in [0.29, 0.717) is 16.9 Å². The fourth-order valence-corrected chi connectivity index (χ4v) is 2.40. The summed E-state index contributed by atoms with van der Waals surface area (Å²) in [6.07, 6.45) is 0. The van der Waals surface area contributed by atoms with Gasteiger partial charge in [0.1, 0.15) is 12.1 Å². The predicted octanol–water partition coefficient (Wildman–Crippen LogP) is 0.431. The predicted molar refractivity (Wildman–Crippen MR) is 94.7 cm³/mol. The van der Waals surface area contributed by atoms with Crippen LogP contribution < -0.4 is 16.2 Å². The third-order valence-corrected chi connectivity index (χ3v) is 3.77. The molecule has 134 valence electrons. The molecule has 3 aromatic rings. The van der Waals surface area contributed by atoms with Crippen LogP contribution >= 0.6 is 0 Å². The van der Waals surface area contributed by atoms with Crippen LogP contribution in [0, 0.1) is 6.92 Å². The monoisotopic (exact) mass is 355 g/mol. The molecule has 0 spiro atoms. The van der Waals surface area contributed by atoms with Crippen molar-refractivity contribution in [3.8, 4) is 0 Å². The van der Waals surface area contributed by atoms with Crippen LogP contribution in [0.5, 0.6) is 0 Å². The molecule has 10 heteroatoms. The molecule has 0 saturated heterocycles. The Morgan fingerprint density at radius 2 is 1.69 bits per heavy atom. The maximum Gasteiger partial charge on any atom is 0.298 e. The van der Waals surface area contributed by atoms with Crippen molar-refractivity contribution in [2.45, 2.75) is 20.4 Å². The minimum Gasteiger partial charge on any atom is -0.326 e. The second kappa shape index (κ2) is 6.75. The molecule has 2 aromatic heterocycles. The van der Waals surface area contributed by atoms with Crippen LogP contribution in [-0.2, 0) is 23.2 Å². The third-order valence-electron chi connectivity index (χ3n) is 3.77. The molecule has 0 aliphatic rings. The molecule has 0 bridgehead atoms. The Balaban J connectivity index is 1.74. The number of anilines is 2. The SMILES string of the molecule is CC(=O)Nc1ccc(NC(=O)Cn2nnc3c(C)n(C)nc3c2=O)cc1. The number of fused-ring (bicyclic) bond motifs is 1. The molecule has 0 radical (unpaired) electrons. The number of benzene rings is 1. The van der Waals surface area contributed by atoms with Crippen LogP contribution in [0.3, 0.4) is 0 Å². The molecular weight excluding hydrogens is 338 g/mol. The van der Waals surface area contributed by atoms with E-state index >= 15 is 0 Å². The van der Waals surface area contributed by atoms with Gasteiger partial charge in [0, 0.05) is 25.3 Å². The summed E-state index contributed by atoms with van der Waals surface area (Å²) in [5.74, 6) is -0.611. The van der Waals surface area contributed by atoms with Crippen molar-refractivity contribution in [2.24, 2.45) is 7.05 Å². The van der Waals surface area contributed by atoms with Gasteiger partial charge in [-0.05, 0) is 31.2 Å². The van der Waals surface area contributed by atoms with Crippen LogP contribution in [-0.4, -0.2) is 36.6 Å². The van der Waals surface area contributed by atoms with Gasteiger partial charge >= 0.3 is 0 Å². The van der Waals surface area contributed by atoms with Crippen LogP contribution in [0.1, 0.15) is 12.6 Å². The zero-order valence-corrected chi connectivity index (χ0v) is 14.5. The zero-order chi connectivity index (χ0) is 18.8. The lowest BCUT2D eigenvalue weighted by Gasteiger charge is -2.07. The van der Waals surface area contributed by atoms with Gasteiger partial charge in [-0.1, -0.05) is 5.21 Å². The van der Waals surface area contributed by atoms with Crippen molar-refractivity contribution in [3.63, 3.8) is 0 Å². The molecule has 2 N–H and O–H groups in total. The molecule has 0 atom stereocenters. The summed E-state index contributed by atoms with van der Waals surface area (Å²) < 4.78 is 2.51. The molecule has 3 rings (SSSR count). The van der Waals surface area contributed by atoms with Crippen molar-refractivity contribution in [3.05, 3.63) is 40.3 Å². The van der Waals surface area contributed by atoms with E-state index in [4.69, 9.17) is 0 Å². The summed E-state index contributed by atoms with van der Waals surface area (Å²) in [4.78, 5) is 35.6. The van der Waals surface area contributed by atoms with E-state index < -0.39 is 11.5 Å². The van der Waals surface area contributed by atoms with Crippen LogP contribution in [0.2, 0.25) is 0 Å². The standard InChI is InChI=1S/C16H17N7O3/c1-9-14-15(20-22(9)3)16(26)23(21-19-14)8-13(25)18-12-6-4-11(5-7-12)17-10(2)24/h4-7H,8H2,1-3H3,(H,17,24)(H,18,25). The number of amides is 2. The number of carbonyl (C=O) groups excluding carboxylic acids is 2. The summed E-state index contributed by atoms with van der Waals surface area (Å²) in [5.41, 5.74) is 1.99. The quantitative estimate of drug-likeness (QED) is 0.699. The van der Waals surface area contributed by atoms with Crippen molar-refractivity contribution >= 4 is 34.2 Å². The first-order chi connectivity index (χ1) is 12.3. The number of nitrogens with one attached hydrogen (secondary N) is 2. The Morgan fingerprint density at radius 3 is 2.31 bits per heavy atom. The molecule has 2 heterocycles. The lowest BCUT2D eigenvalue weighted by atomic mass is 10.2. The molecule has 2 amide bonds. The number of rotatable bonds is 4. The number of carbonyl (C=O) groups is 2. The van der Waals surface area contributed by atoms with E-state index in [0.717, 1.165) is 10.4 Å². The number of hydrogen-bond acceptors (Lipinski definition) is 6. The number of aromatic nitrogens is 5. The topological polar surface area (TPSA) is 124 Å². The lowest BCUT2D eigenvalue weighted by Crippen LogP contribution is -2.30. The van der Waals surface area contributed by atoms with E-state index in [1.165, 1.54) is 6.92 Å². The van der Waals surface area contributed by atoms with E-state index in [-0.39, 0.29) is 18.0 Å². The van der Waals surface area contributed by atoms with Gasteiger partial charge in [0.2, 0.25) is 11.8 Å². The van der Waals surface area contributed by atoms with Gasteiger partial charge in [0.15, 0.2) is 5.52 Å². The van der Waals surface area contributed by atoms with E-state index in [1.807, 2.05) is 0 Å². The normalized spacial score (nSPS) is 10.7. The first-order valence-electron chi connectivity index (χ1n) is 7.80. The van der Waals surface area contributed by atoms with Crippen LogP contribution in [0.25, 0.3) is 11.0 Å². The molecule has 26 heavy (non-hydrogen) atoms. The molecule has 0 unspecified atom stereocenters. The Bertz CT molecular complexity index is 1050. The highest BCUT2D eigenvalue weighted by molar-refractivity contribution is 5.92. The fourth-order valence-electron chi connectivity index (χ4n) is 2.40. The minimum absolute atomic E-state index is 0.174. The van der Waals surface area contributed by atoms with Crippen molar-refractivity contribution in [1.82, 2.24) is 24.8 Å².